The molecular formula is C11H14N2O5. The summed E-state index contributed by atoms with van der Waals surface area (Å²) in [5.41, 5.74) is -1.41. The van der Waals surface area contributed by atoms with Crippen molar-refractivity contribution in [3.63, 3.8) is 0 Å². The minimum atomic E-state index is -1.54. The number of carboxylic acids is 1. The lowest BCUT2D eigenvalue weighted by molar-refractivity contribution is -0.141. The average molecular weight is 254 g/mol. The lowest BCUT2D eigenvalue weighted by atomic mass is 10.0. The summed E-state index contributed by atoms with van der Waals surface area (Å²) in [5, 5.41) is 29.7. The number of nitrogens with one attached hydrogen (secondary N) is 1. The van der Waals surface area contributed by atoms with Gasteiger partial charge in [-0.05, 0) is 13.0 Å². The van der Waals surface area contributed by atoms with Crippen molar-refractivity contribution >= 4 is 11.9 Å². The predicted octanol–water partition coefficient (Wildman–Crippen LogP) is -0.257. The van der Waals surface area contributed by atoms with Gasteiger partial charge in [-0.2, -0.15) is 0 Å². The van der Waals surface area contributed by atoms with Gasteiger partial charge in [0.25, 0.3) is 5.91 Å². The van der Waals surface area contributed by atoms with Gasteiger partial charge >= 0.3 is 5.97 Å². The second-order valence-electron chi connectivity index (χ2n) is 4.18. The highest BCUT2D eigenvalue weighted by molar-refractivity contribution is 5.94. The Hall–Kier alpha value is -2.15. The van der Waals surface area contributed by atoms with E-state index >= 15 is 0 Å². The molecule has 1 atom stereocenters. The largest absolute Gasteiger partial charge is 0.506 e. The number of carbonyl (C=O) groups is 2. The zero-order chi connectivity index (χ0) is 13.8. The van der Waals surface area contributed by atoms with E-state index in [1.54, 1.807) is 0 Å². The smallest absolute Gasteiger partial charge is 0.306 e. The number of pyridine rings is 1. The Morgan fingerprint density at radius 1 is 1.44 bits per heavy atom. The van der Waals surface area contributed by atoms with Crippen LogP contribution in [0, 0.1) is 0 Å². The standard InChI is InChI=1S/C11H14N2O5/c1-11(18,3-9(15)16)6-13-10(17)7-2-8(14)5-12-4-7/h2,4-5,14,18H,3,6H2,1H3,(H,13,17)(H,15,16). The number of carboxylic acid groups (broad SMARTS) is 1. The molecule has 0 bridgehead atoms. The molecule has 0 aliphatic carbocycles. The summed E-state index contributed by atoms with van der Waals surface area (Å²) < 4.78 is 0. The van der Waals surface area contributed by atoms with Gasteiger partial charge in [-0.15, -0.1) is 0 Å². The first-order valence-corrected chi connectivity index (χ1v) is 5.16. The van der Waals surface area contributed by atoms with Crippen LogP contribution in [-0.2, 0) is 4.79 Å². The van der Waals surface area contributed by atoms with Crippen LogP contribution in [0.3, 0.4) is 0 Å². The second-order valence-corrected chi connectivity index (χ2v) is 4.18. The normalized spacial score (nSPS) is 13.7. The molecule has 1 heterocycles. The fraction of sp³-hybridized carbons (Fsp3) is 0.364. The number of aliphatic carboxylic acids is 1. The molecule has 98 valence electrons. The van der Waals surface area contributed by atoms with Gasteiger partial charge < -0.3 is 20.6 Å². The van der Waals surface area contributed by atoms with Gasteiger partial charge in [0, 0.05) is 12.7 Å². The van der Waals surface area contributed by atoms with Crippen molar-refractivity contribution in [1.82, 2.24) is 10.3 Å². The Bertz CT molecular complexity index is 459. The molecule has 1 amide bonds. The zero-order valence-corrected chi connectivity index (χ0v) is 9.75. The molecule has 0 aromatic carbocycles. The van der Waals surface area contributed by atoms with Crippen molar-refractivity contribution in [2.24, 2.45) is 0 Å². The summed E-state index contributed by atoms with van der Waals surface area (Å²) >= 11 is 0. The summed E-state index contributed by atoms with van der Waals surface area (Å²) in [5.74, 6) is -1.86. The fourth-order valence-corrected chi connectivity index (χ4v) is 1.31. The molecule has 7 nitrogen and oxygen atoms in total. The van der Waals surface area contributed by atoms with Crippen LogP contribution in [0.5, 0.6) is 5.75 Å². The first kappa shape index (κ1) is 13.9. The van der Waals surface area contributed by atoms with Crippen molar-refractivity contribution in [2.45, 2.75) is 18.9 Å². The monoisotopic (exact) mass is 254 g/mol. The van der Waals surface area contributed by atoms with Crippen LogP contribution >= 0.6 is 0 Å². The van der Waals surface area contributed by atoms with E-state index in [0.717, 1.165) is 0 Å². The van der Waals surface area contributed by atoms with Crippen molar-refractivity contribution in [2.75, 3.05) is 6.54 Å². The topological polar surface area (TPSA) is 120 Å². The quantitative estimate of drug-likeness (QED) is 0.574. The maximum atomic E-state index is 11.6. The summed E-state index contributed by atoms with van der Waals surface area (Å²) in [4.78, 5) is 25.7. The number of carbonyl (C=O) groups excluding carboxylic acids is 1. The molecule has 1 rings (SSSR count). The van der Waals surface area contributed by atoms with E-state index < -0.39 is 23.9 Å². The molecule has 0 saturated carbocycles. The highest BCUT2D eigenvalue weighted by Crippen LogP contribution is 2.10. The molecule has 0 aliphatic heterocycles. The Labute approximate surface area is 103 Å². The van der Waals surface area contributed by atoms with E-state index in [0.29, 0.717) is 0 Å². The van der Waals surface area contributed by atoms with Gasteiger partial charge in [0.1, 0.15) is 5.75 Å². The van der Waals surface area contributed by atoms with Crippen LogP contribution in [-0.4, -0.2) is 44.3 Å². The maximum absolute atomic E-state index is 11.6. The molecular weight excluding hydrogens is 240 g/mol. The number of aromatic nitrogens is 1. The van der Waals surface area contributed by atoms with Gasteiger partial charge in [-0.1, -0.05) is 0 Å². The Balaban J connectivity index is 2.58. The third kappa shape index (κ3) is 4.38. The molecule has 1 aromatic heterocycles. The number of hydrogen-bond donors (Lipinski definition) is 4. The number of amides is 1. The lowest BCUT2D eigenvalue weighted by Crippen LogP contribution is -2.42. The summed E-state index contributed by atoms with van der Waals surface area (Å²) in [6.45, 7) is 1.09. The Morgan fingerprint density at radius 3 is 2.67 bits per heavy atom. The predicted molar refractivity (Wildman–Crippen MR) is 61.1 cm³/mol. The minimum absolute atomic E-state index is 0.126. The fourth-order valence-electron chi connectivity index (χ4n) is 1.31. The molecule has 0 fully saturated rings. The van der Waals surface area contributed by atoms with E-state index in [1.807, 2.05) is 0 Å². The van der Waals surface area contributed by atoms with Crippen LogP contribution in [0.1, 0.15) is 23.7 Å². The summed E-state index contributed by atoms with van der Waals surface area (Å²) in [6, 6.07) is 1.22. The number of rotatable bonds is 5. The van der Waals surface area contributed by atoms with Gasteiger partial charge in [-0.3, -0.25) is 14.6 Å². The molecule has 0 spiro atoms. The van der Waals surface area contributed by atoms with Crippen LogP contribution in [0.4, 0.5) is 0 Å². The minimum Gasteiger partial charge on any atom is -0.506 e. The van der Waals surface area contributed by atoms with Crippen LogP contribution in [0.2, 0.25) is 0 Å². The van der Waals surface area contributed by atoms with Crippen molar-refractivity contribution < 1.29 is 24.9 Å². The number of aliphatic hydroxyl groups is 1. The van der Waals surface area contributed by atoms with Gasteiger partial charge in [0.15, 0.2) is 0 Å². The SMILES string of the molecule is CC(O)(CNC(=O)c1cncc(O)c1)CC(=O)O. The first-order chi connectivity index (χ1) is 8.30. The molecule has 1 unspecified atom stereocenters. The highest BCUT2D eigenvalue weighted by atomic mass is 16.4. The van der Waals surface area contributed by atoms with Crippen molar-refractivity contribution in [3.05, 3.63) is 24.0 Å². The third-order valence-electron chi connectivity index (χ3n) is 2.15. The number of aromatic hydroxyl groups is 1. The van der Waals surface area contributed by atoms with E-state index in [4.69, 9.17) is 10.2 Å². The molecule has 1 aromatic rings. The second kappa shape index (κ2) is 5.46. The molecule has 7 heteroatoms. The van der Waals surface area contributed by atoms with E-state index in [2.05, 4.69) is 10.3 Å². The molecule has 18 heavy (non-hydrogen) atoms. The molecule has 0 radical (unpaired) electrons. The van der Waals surface area contributed by atoms with E-state index in [-0.39, 0.29) is 17.9 Å². The average Bonchev–Trinajstić information content (AvgIpc) is 2.24. The van der Waals surface area contributed by atoms with Gasteiger partial charge in [0.05, 0.1) is 23.8 Å². The number of nitrogens with zero attached hydrogens (tertiary/aromatic N) is 1. The lowest BCUT2D eigenvalue weighted by Gasteiger charge is -2.21. The van der Waals surface area contributed by atoms with Crippen molar-refractivity contribution in [1.29, 1.82) is 0 Å². The van der Waals surface area contributed by atoms with E-state index in [9.17, 15) is 14.7 Å². The first-order valence-electron chi connectivity index (χ1n) is 5.16. The highest BCUT2D eigenvalue weighted by Gasteiger charge is 2.25. The van der Waals surface area contributed by atoms with Gasteiger partial charge in [0.2, 0.25) is 0 Å². The Morgan fingerprint density at radius 2 is 2.11 bits per heavy atom. The summed E-state index contributed by atoms with van der Waals surface area (Å²) in [7, 11) is 0. The number of hydrogen-bond acceptors (Lipinski definition) is 5. The summed E-state index contributed by atoms with van der Waals surface area (Å²) in [6.07, 6.45) is 1.95. The molecule has 0 aliphatic rings. The van der Waals surface area contributed by atoms with E-state index in [1.165, 1.54) is 25.4 Å². The van der Waals surface area contributed by atoms with Crippen LogP contribution in [0.25, 0.3) is 0 Å². The van der Waals surface area contributed by atoms with Gasteiger partial charge in [-0.25, -0.2) is 0 Å². The third-order valence-corrected chi connectivity index (χ3v) is 2.15. The van der Waals surface area contributed by atoms with Crippen LogP contribution < -0.4 is 5.32 Å². The zero-order valence-electron chi connectivity index (χ0n) is 9.75. The maximum Gasteiger partial charge on any atom is 0.306 e. The van der Waals surface area contributed by atoms with Crippen LogP contribution in [0.15, 0.2) is 18.5 Å². The van der Waals surface area contributed by atoms with Crippen molar-refractivity contribution in [3.8, 4) is 5.75 Å². The Kier molecular flexibility index (Phi) is 4.22. The molecule has 0 saturated heterocycles. The molecule has 4 N–H and O–H groups in total.